The minimum absolute atomic E-state index is 0.137. The summed E-state index contributed by atoms with van der Waals surface area (Å²) in [6.45, 7) is 0. The van der Waals surface area contributed by atoms with Crippen LogP contribution in [0.5, 0.6) is 0 Å². The Balaban J connectivity index is 2.19. The molecule has 1 aliphatic carbocycles. The predicted octanol–water partition coefficient (Wildman–Crippen LogP) is 1.62. The highest BCUT2D eigenvalue weighted by Gasteiger charge is 2.27. The lowest BCUT2D eigenvalue weighted by Gasteiger charge is -2.14. The molecule has 1 fully saturated rings. The Labute approximate surface area is 76.0 Å². The molecule has 0 saturated heterocycles. The minimum Gasteiger partial charge on any atom is -0.391 e. The summed E-state index contributed by atoms with van der Waals surface area (Å²) in [7, 11) is 0. The first-order valence-electron chi connectivity index (χ1n) is 4.15. The molecule has 66 valence electrons. The summed E-state index contributed by atoms with van der Waals surface area (Å²) in [5, 5.41) is 14.3. The van der Waals surface area contributed by atoms with Crippen molar-refractivity contribution in [1.82, 2.24) is 9.78 Å². The minimum atomic E-state index is -0.249. The standard InChI is InChI=1S/C8H11ClN2O/c9-6-4-10-11(5-6)7-2-1-3-8(7)12/h4-5,7-8,12H,1-3H2. The number of rotatable bonds is 1. The number of nitrogens with zero attached hydrogens (tertiary/aromatic N) is 2. The molecule has 0 aliphatic heterocycles. The highest BCUT2D eigenvalue weighted by molar-refractivity contribution is 6.30. The van der Waals surface area contributed by atoms with Gasteiger partial charge in [0.25, 0.3) is 0 Å². The van der Waals surface area contributed by atoms with Gasteiger partial charge in [0.1, 0.15) is 0 Å². The molecule has 0 radical (unpaired) electrons. The SMILES string of the molecule is OC1CCCC1n1cc(Cl)cn1. The normalized spacial score (nSPS) is 29.5. The first-order chi connectivity index (χ1) is 5.77. The average molecular weight is 187 g/mol. The number of hydrogen-bond donors (Lipinski definition) is 1. The van der Waals surface area contributed by atoms with E-state index in [-0.39, 0.29) is 12.1 Å². The first kappa shape index (κ1) is 8.08. The van der Waals surface area contributed by atoms with Crippen LogP contribution in [-0.4, -0.2) is 21.0 Å². The molecular formula is C8H11ClN2O. The largest absolute Gasteiger partial charge is 0.391 e. The summed E-state index contributed by atoms with van der Waals surface area (Å²) in [6.07, 6.45) is 6.07. The van der Waals surface area contributed by atoms with Gasteiger partial charge in [0, 0.05) is 6.20 Å². The Bertz CT molecular complexity index is 274. The molecule has 3 nitrogen and oxygen atoms in total. The van der Waals surface area contributed by atoms with Gasteiger partial charge in [0.15, 0.2) is 0 Å². The van der Waals surface area contributed by atoms with Crippen LogP contribution in [0.25, 0.3) is 0 Å². The van der Waals surface area contributed by atoms with E-state index in [1.807, 2.05) is 0 Å². The molecule has 1 saturated carbocycles. The molecule has 0 spiro atoms. The van der Waals surface area contributed by atoms with Crippen molar-refractivity contribution in [2.75, 3.05) is 0 Å². The van der Waals surface area contributed by atoms with Gasteiger partial charge < -0.3 is 5.11 Å². The third kappa shape index (κ3) is 1.34. The first-order valence-corrected chi connectivity index (χ1v) is 4.53. The third-order valence-electron chi connectivity index (χ3n) is 2.35. The molecule has 0 bridgehead atoms. The van der Waals surface area contributed by atoms with Gasteiger partial charge in [-0.15, -0.1) is 0 Å². The van der Waals surface area contributed by atoms with E-state index in [4.69, 9.17) is 11.6 Å². The highest BCUT2D eigenvalue weighted by Crippen LogP contribution is 2.29. The van der Waals surface area contributed by atoms with Crippen LogP contribution in [0.2, 0.25) is 5.02 Å². The van der Waals surface area contributed by atoms with Crippen molar-refractivity contribution in [3.8, 4) is 0 Å². The smallest absolute Gasteiger partial charge is 0.0785 e. The molecule has 1 aliphatic rings. The van der Waals surface area contributed by atoms with Crippen molar-refractivity contribution >= 4 is 11.6 Å². The molecular weight excluding hydrogens is 176 g/mol. The zero-order valence-electron chi connectivity index (χ0n) is 6.65. The van der Waals surface area contributed by atoms with Gasteiger partial charge >= 0.3 is 0 Å². The van der Waals surface area contributed by atoms with Crippen LogP contribution in [-0.2, 0) is 0 Å². The number of aliphatic hydroxyl groups excluding tert-OH is 1. The molecule has 4 heteroatoms. The van der Waals surface area contributed by atoms with Crippen molar-refractivity contribution in [1.29, 1.82) is 0 Å². The Morgan fingerprint density at radius 3 is 2.92 bits per heavy atom. The Kier molecular flexibility index (Phi) is 2.07. The van der Waals surface area contributed by atoms with Gasteiger partial charge in [-0.05, 0) is 19.3 Å². The summed E-state index contributed by atoms with van der Waals surface area (Å²) < 4.78 is 1.76. The fourth-order valence-corrected chi connectivity index (χ4v) is 1.87. The number of aromatic nitrogens is 2. The fraction of sp³-hybridized carbons (Fsp3) is 0.625. The molecule has 12 heavy (non-hydrogen) atoms. The maximum atomic E-state index is 9.55. The maximum Gasteiger partial charge on any atom is 0.0785 e. The van der Waals surface area contributed by atoms with Crippen LogP contribution >= 0.6 is 11.6 Å². The van der Waals surface area contributed by atoms with Gasteiger partial charge in [-0.25, -0.2) is 0 Å². The lowest BCUT2D eigenvalue weighted by Crippen LogP contribution is -2.18. The molecule has 0 amide bonds. The number of hydrogen-bond acceptors (Lipinski definition) is 2. The second-order valence-electron chi connectivity index (χ2n) is 3.20. The monoisotopic (exact) mass is 186 g/mol. The second-order valence-corrected chi connectivity index (χ2v) is 3.64. The van der Waals surface area contributed by atoms with Crippen molar-refractivity contribution in [2.45, 2.75) is 31.4 Å². The average Bonchev–Trinajstić information content (AvgIpc) is 2.58. The summed E-state index contributed by atoms with van der Waals surface area (Å²) in [4.78, 5) is 0. The quantitative estimate of drug-likeness (QED) is 0.724. The molecule has 1 aromatic heterocycles. The molecule has 2 unspecified atom stereocenters. The van der Waals surface area contributed by atoms with Gasteiger partial charge in [-0.3, -0.25) is 4.68 Å². The second kappa shape index (κ2) is 3.07. The zero-order chi connectivity index (χ0) is 8.55. The van der Waals surface area contributed by atoms with Gasteiger partial charge in [0.2, 0.25) is 0 Å². The maximum absolute atomic E-state index is 9.55. The van der Waals surface area contributed by atoms with Crippen molar-refractivity contribution in [2.24, 2.45) is 0 Å². The van der Waals surface area contributed by atoms with Gasteiger partial charge in [0.05, 0.1) is 23.4 Å². The Morgan fingerprint density at radius 2 is 2.42 bits per heavy atom. The van der Waals surface area contributed by atoms with E-state index in [1.54, 1.807) is 17.1 Å². The van der Waals surface area contributed by atoms with Crippen LogP contribution in [0.3, 0.4) is 0 Å². The van der Waals surface area contributed by atoms with Crippen LogP contribution in [0.4, 0.5) is 0 Å². The van der Waals surface area contributed by atoms with E-state index >= 15 is 0 Å². The van der Waals surface area contributed by atoms with Gasteiger partial charge in [-0.1, -0.05) is 11.6 Å². The molecule has 1 N–H and O–H groups in total. The topological polar surface area (TPSA) is 38.0 Å². The fourth-order valence-electron chi connectivity index (χ4n) is 1.73. The molecule has 1 aromatic rings. The van der Waals surface area contributed by atoms with Crippen molar-refractivity contribution < 1.29 is 5.11 Å². The third-order valence-corrected chi connectivity index (χ3v) is 2.55. The molecule has 1 heterocycles. The zero-order valence-corrected chi connectivity index (χ0v) is 7.41. The van der Waals surface area contributed by atoms with Crippen LogP contribution in [0, 0.1) is 0 Å². The summed E-state index contributed by atoms with van der Waals surface area (Å²) in [6, 6.07) is 0.137. The number of halogens is 1. The van der Waals surface area contributed by atoms with Crippen molar-refractivity contribution in [3.63, 3.8) is 0 Å². The lowest BCUT2D eigenvalue weighted by molar-refractivity contribution is 0.130. The van der Waals surface area contributed by atoms with E-state index < -0.39 is 0 Å². The van der Waals surface area contributed by atoms with Crippen LogP contribution in [0.15, 0.2) is 12.4 Å². The van der Waals surface area contributed by atoms with Gasteiger partial charge in [-0.2, -0.15) is 5.10 Å². The summed E-state index contributed by atoms with van der Waals surface area (Å²) in [5.74, 6) is 0. The van der Waals surface area contributed by atoms with E-state index in [9.17, 15) is 5.11 Å². The number of aliphatic hydroxyl groups is 1. The lowest BCUT2D eigenvalue weighted by atomic mass is 10.2. The summed E-state index contributed by atoms with van der Waals surface area (Å²) in [5.41, 5.74) is 0. The van der Waals surface area contributed by atoms with Crippen molar-refractivity contribution in [3.05, 3.63) is 17.4 Å². The predicted molar refractivity (Wildman–Crippen MR) is 46.1 cm³/mol. The summed E-state index contributed by atoms with van der Waals surface area (Å²) >= 11 is 5.72. The van der Waals surface area contributed by atoms with Crippen LogP contribution < -0.4 is 0 Å². The Morgan fingerprint density at radius 1 is 1.58 bits per heavy atom. The van der Waals surface area contributed by atoms with Crippen LogP contribution in [0.1, 0.15) is 25.3 Å². The van der Waals surface area contributed by atoms with E-state index in [1.165, 1.54) is 0 Å². The Hall–Kier alpha value is -0.540. The highest BCUT2D eigenvalue weighted by atomic mass is 35.5. The van der Waals surface area contributed by atoms with E-state index in [0.717, 1.165) is 19.3 Å². The molecule has 0 aromatic carbocycles. The van der Waals surface area contributed by atoms with E-state index in [2.05, 4.69) is 5.10 Å². The molecule has 2 rings (SSSR count). The molecule has 2 atom stereocenters. The van der Waals surface area contributed by atoms with E-state index in [0.29, 0.717) is 5.02 Å².